The fraction of sp³-hybridized carbons (Fsp3) is 0.474. The summed E-state index contributed by atoms with van der Waals surface area (Å²) < 4.78 is 5.45. The van der Waals surface area contributed by atoms with E-state index in [1.165, 1.54) is 0 Å². The number of carbonyl (C=O) groups excluding carboxylic acids is 3. The lowest BCUT2D eigenvalue weighted by molar-refractivity contribution is -0.121. The summed E-state index contributed by atoms with van der Waals surface area (Å²) in [6.45, 7) is 5.75. The molecule has 0 radical (unpaired) electrons. The van der Waals surface area contributed by atoms with Crippen molar-refractivity contribution in [1.29, 1.82) is 5.26 Å². The normalized spacial score (nSPS) is 26.4. The third kappa shape index (κ3) is 2.62. The Kier molecular flexibility index (Phi) is 3.67. The Morgan fingerprint density at radius 3 is 2.48 bits per heavy atom. The number of nitrogens with zero attached hydrogens (tertiary/aromatic N) is 4. The predicted molar refractivity (Wildman–Crippen MR) is 94.8 cm³/mol. The van der Waals surface area contributed by atoms with Gasteiger partial charge in [-0.15, -0.1) is 0 Å². The number of fused-ring (bicyclic) bond motifs is 5. The standard InChI is InChI=1S/C19H20N4O4/c1-19(2,3)27-18(26)21-10-13-8-14(21)15-16(24)23(17(25)22(13)15)12-6-4-11(9-20)5-7-12/h4-7,13-15H,8,10H2,1-3H3/t13-,14-,15+/m0/s1. The first-order chi connectivity index (χ1) is 12.7. The number of anilines is 1. The summed E-state index contributed by atoms with van der Waals surface area (Å²) in [5, 5.41) is 8.91. The zero-order valence-electron chi connectivity index (χ0n) is 15.4. The zero-order valence-corrected chi connectivity index (χ0v) is 15.4. The molecule has 4 amide bonds. The molecule has 8 nitrogen and oxygen atoms in total. The van der Waals surface area contributed by atoms with Crippen LogP contribution in [0.5, 0.6) is 0 Å². The number of hydrogen-bond donors (Lipinski definition) is 0. The van der Waals surface area contributed by atoms with E-state index in [4.69, 9.17) is 10.00 Å². The molecule has 3 atom stereocenters. The van der Waals surface area contributed by atoms with Crippen molar-refractivity contribution < 1.29 is 19.1 Å². The fourth-order valence-corrected chi connectivity index (χ4v) is 4.11. The number of hydrogen-bond acceptors (Lipinski definition) is 5. The topological polar surface area (TPSA) is 94.0 Å². The van der Waals surface area contributed by atoms with E-state index in [1.807, 2.05) is 6.07 Å². The van der Waals surface area contributed by atoms with E-state index < -0.39 is 17.7 Å². The maximum absolute atomic E-state index is 13.0. The lowest BCUT2D eigenvalue weighted by Gasteiger charge is -2.35. The number of ether oxygens (including phenoxy) is 1. The number of amides is 4. The molecule has 4 rings (SSSR count). The van der Waals surface area contributed by atoms with Gasteiger partial charge in [0.15, 0.2) is 0 Å². The van der Waals surface area contributed by atoms with Gasteiger partial charge in [-0.1, -0.05) is 0 Å². The second kappa shape index (κ2) is 5.71. The summed E-state index contributed by atoms with van der Waals surface area (Å²) in [4.78, 5) is 42.7. The quantitative estimate of drug-likeness (QED) is 0.708. The molecule has 0 saturated carbocycles. The monoisotopic (exact) mass is 368 g/mol. The molecule has 3 fully saturated rings. The fourth-order valence-electron chi connectivity index (χ4n) is 4.11. The Labute approximate surface area is 156 Å². The third-order valence-electron chi connectivity index (χ3n) is 5.15. The van der Waals surface area contributed by atoms with E-state index in [0.29, 0.717) is 24.2 Å². The molecule has 3 aliphatic heterocycles. The smallest absolute Gasteiger partial charge is 0.410 e. The van der Waals surface area contributed by atoms with Crippen molar-refractivity contribution in [1.82, 2.24) is 9.80 Å². The second-order valence-corrected chi connectivity index (χ2v) is 8.06. The molecule has 140 valence electrons. The Hall–Kier alpha value is -3.08. The minimum Gasteiger partial charge on any atom is -0.444 e. The summed E-state index contributed by atoms with van der Waals surface area (Å²) in [6.07, 6.45) is 0.134. The van der Waals surface area contributed by atoms with Crippen LogP contribution in [-0.4, -0.2) is 58.1 Å². The Bertz CT molecular complexity index is 867. The molecular weight excluding hydrogens is 348 g/mol. The van der Waals surface area contributed by atoms with E-state index in [-0.39, 0.29) is 24.0 Å². The average molecular weight is 368 g/mol. The molecule has 8 heteroatoms. The van der Waals surface area contributed by atoms with Gasteiger partial charge in [0.1, 0.15) is 11.6 Å². The van der Waals surface area contributed by atoms with E-state index in [9.17, 15) is 14.4 Å². The molecule has 1 aromatic rings. The van der Waals surface area contributed by atoms with Crippen molar-refractivity contribution >= 4 is 23.7 Å². The first kappa shape index (κ1) is 17.3. The molecule has 3 aliphatic rings. The van der Waals surface area contributed by atoms with E-state index in [2.05, 4.69) is 0 Å². The molecule has 27 heavy (non-hydrogen) atoms. The maximum atomic E-state index is 13.0. The number of likely N-dealkylation sites (tertiary alicyclic amines) is 1. The maximum Gasteiger partial charge on any atom is 0.410 e. The van der Waals surface area contributed by atoms with Crippen LogP contribution < -0.4 is 4.90 Å². The molecule has 0 spiro atoms. The van der Waals surface area contributed by atoms with Gasteiger partial charge in [0.2, 0.25) is 0 Å². The lowest BCUT2D eigenvalue weighted by Crippen LogP contribution is -2.55. The van der Waals surface area contributed by atoms with Gasteiger partial charge in [-0.25, -0.2) is 14.5 Å². The Balaban J connectivity index is 1.59. The van der Waals surface area contributed by atoms with Crippen molar-refractivity contribution in [3.05, 3.63) is 29.8 Å². The van der Waals surface area contributed by atoms with Gasteiger partial charge in [-0.2, -0.15) is 5.26 Å². The third-order valence-corrected chi connectivity index (χ3v) is 5.15. The highest BCUT2D eigenvalue weighted by Crippen LogP contribution is 2.42. The number of benzene rings is 1. The van der Waals surface area contributed by atoms with Gasteiger partial charge in [0.05, 0.1) is 29.4 Å². The number of rotatable bonds is 1. The van der Waals surface area contributed by atoms with E-state index in [0.717, 1.165) is 4.90 Å². The highest BCUT2D eigenvalue weighted by atomic mass is 16.6. The summed E-state index contributed by atoms with van der Waals surface area (Å²) in [7, 11) is 0. The number of piperazine rings is 1. The summed E-state index contributed by atoms with van der Waals surface area (Å²) in [5.74, 6) is -0.342. The van der Waals surface area contributed by atoms with Gasteiger partial charge >= 0.3 is 12.1 Å². The SMILES string of the molecule is CC(C)(C)OC(=O)N1C[C@@H]2C[C@H]1[C@@H]1C(=O)N(c3ccc(C#N)cc3)C(=O)N21. The molecule has 3 heterocycles. The molecule has 2 bridgehead atoms. The summed E-state index contributed by atoms with van der Waals surface area (Å²) in [5.41, 5.74) is 0.263. The molecular formula is C19H20N4O4. The number of urea groups is 1. The second-order valence-electron chi connectivity index (χ2n) is 8.06. The van der Waals surface area contributed by atoms with Crippen LogP contribution >= 0.6 is 0 Å². The van der Waals surface area contributed by atoms with Gasteiger partial charge in [-0.3, -0.25) is 4.79 Å². The predicted octanol–water partition coefficient (Wildman–Crippen LogP) is 2.09. The number of nitriles is 1. The van der Waals surface area contributed by atoms with Gasteiger partial charge < -0.3 is 14.5 Å². The molecule has 0 unspecified atom stereocenters. The highest BCUT2D eigenvalue weighted by Gasteiger charge is 2.63. The van der Waals surface area contributed by atoms with Gasteiger partial charge in [-0.05, 0) is 51.5 Å². The number of carbonyl (C=O) groups is 3. The zero-order chi connectivity index (χ0) is 19.5. The van der Waals surface area contributed by atoms with Crippen LogP contribution in [-0.2, 0) is 9.53 Å². The minimum atomic E-state index is -0.681. The van der Waals surface area contributed by atoms with Crippen LogP contribution in [0.25, 0.3) is 0 Å². The Morgan fingerprint density at radius 1 is 1.22 bits per heavy atom. The van der Waals surface area contributed by atoms with Crippen LogP contribution in [0.4, 0.5) is 15.3 Å². The molecule has 0 N–H and O–H groups in total. The van der Waals surface area contributed by atoms with Crippen LogP contribution in [0.1, 0.15) is 32.8 Å². The van der Waals surface area contributed by atoms with E-state index in [1.54, 1.807) is 54.8 Å². The van der Waals surface area contributed by atoms with Crippen molar-refractivity contribution in [2.45, 2.75) is 50.9 Å². The first-order valence-electron chi connectivity index (χ1n) is 8.87. The van der Waals surface area contributed by atoms with Gasteiger partial charge in [0.25, 0.3) is 5.91 Å². The van der Waals surface area contributed by atoms with Crippen LogP contribution in [0, 0.1) is 11.3 Å². The summed E-state index contributed by atoms with van der Waals surface area (Å²) >= 11 is 0. The Morgan fingerprint density at radius 2 is 1.89 bits per heavy atom. The van der Waals surface area contributed by atoms with Crippen LogP contribution in [0.3, 0.4) is 0 Å². The number of imide groups is 1. The van der Waals surface area contributed by atoms with Crippen molar-refractivity contribution in [2.75, 3.05) is 11.4 Å². The average Bonchev–Trinajstić information content (AvgIpc) is 3.25. The van der Waals surface area contributed by atoms with E-state index >= 15 is 0 Å². The molecule has 3 saturated heterocycles. The lowest BCUT2D eigenvalue weighted by atomic mass is 10.1. The molecule has 0 aliphatic carbocycles. The molecule has 1 aromatic carbocycles. The van der Waals surface area contributed by atoms with Crippen molar-refractivity contribution in [3.63, 3.8) is 0 Å². The minimum absolute atomic E-state index is 0.188. The largest absolute Gasteiger partial charge is 0.444 e. The first-order valence-corrected chi connectivity index (χ1v) is 8.87. The van der Waals surface area contributed by atoms with Crippen LogP contribution in [0.2, 0.25) is 0 Å². The van der Waals surface area contributed by atoms with Crippen LogP contribution in [0.15, 0.2) is 24.3 Å². The summed E-state index contributed by atoms with van der Waals surface area (Å²) in [6, 6.07) is 6.72. The van der Waals surface area contributed by atoms with Gasteiger partial charge in [0, 0.05) is 6.54 Å². The van der Waals surface area contributed by atoms with Crippen molar-refractivity contribution in [3.8, 4) is 6.07 Å². The molecule has 0 aromatic heterocycles. The highest BCUT2D eigenvalue weighted by molar-refractivity contribution is 6.22. The van der Waals surface area contributed by atoms with Crippen molar-refractivity contribution in [2.24, 2.45) is 0 Å².